The van der Waals surface area contributed by atoms with Crippen LogP contribution in [0.25, 0.3) is 0 Å². The van der Waals surface area contributed by atoms with E-state index >= 15 is 0 Å². The minimum atomic E-state index is 0.875. The Morgan fingerprint density at radius 3 is 2.71 bits per heavy atom. The molecule has 6 heteroatoms. The van der Waals surface area contributed by atoms with Gasteiger partial charge in [-0.1, -0.05) is 30.9 Å². The highest BCUT2D eigenvalue weighted by Gasteiger charge is 2.21. The smallest absolute Gasteiger partial charge is 0.138 e. The van der Waals surface area contributed by atoms with Gasteiger partial charge in [-0.15, -0.1) is 0 Å². The van der Waals surface area contributed by atoms with Crippen LogP contribution in [0.4, 0.5) is 0 Å². The molecule has 0 aromatic heterocycles. The first kappa shape index (κ1) is 13.5. The van der Waals surface area contributed by atoms with Crippen LogP contribution in [0.1, 0.15) is 6.92 Å². The van der Waals surface area contributed by atoms with Crippen molar-refractivity contribution in [2.75, 3.05) is 58.5 Å². The lowest BCUT2D eigenvalue weighted by molar-refractivity contribution is 0.0346. The zero-order valence-corrected chi connectivity index (χ0v) is 12.1. The quantitative estimate of drug-likeness (QED) is 0.705. The summed E-state index contributed by atoms with van der Waals surface area (Å²) in [6.45, 7) is 10.3. The number of ether oxygens (including phenoxy) is 1. The normalized spacial score (nSPS) is 24.3. The highest BCUT2D eigenvalue weighted by atomic mass is 32.2. The van der Waals surface area contributed by atoms with Crippen molar-refractivity contribution in [3.05, 3.63) is 0 Å². The van der Waals surface area contributed by atoms with Gasteiger partial charge in [0.15, 0.2) is 0 Å². The molecule has 2 aliphatic rings. The molecule has 0 radical (unpaired) electrons. The fourth-order valence-corrected chi connectivity index (χ4v) is 3.21. The minimum absolute atomic E-state index is 0.875. The molecule has 0 saturated carbocycles. The van der Waals surface area contributed by atoms with Gasteiger partial charge < -0.3 is 9.64 Å². The van der Waals surface area contributed by atoms with Crippen LogP contribution in [0.2, 0.25) is 0 Å². The zero-order valence-electron chi connectivity index (χ0n) is 10.4. The number of rotatable bonds is 4. The van der Waals surface area contributed by atoms with Gasteiger partial charge in [0, 0.05) is 26.2 Å². The molecule has 2 rings (SSSR count). The van der Waals surface area contributed by atoms with Crippen LogP contribution in [0.3, 0.4) is 0 Å². The average molecular weight is 275 g/mol. The van der Waals surface area contributed by atoms with Crippen LogP contribution in [0.5, 0.6) is 0 Å². The van der Waals surface area contributed by atoms with Crippen LogP contribution in [0, 0.1) is 0 Å². The molecule has 2 aliphatic heterocycles. The summed E-state index contributed by atoms with van der Waals surface area (Å²) < 4.78 is 6.41. The maximum Gasteiger partial charge on any atom is 0.138 e. The lowest BCUT2D eigenvalue weighted by Crippen LogP contribution is -2.48. The molecule has 2 fully saturated rings. The van der Waals surface area contributed by atoms with E-state index in [-0.39, 0.29) is 0 Å². The maximum atomic E-state index is 5.41. The van der Waals surface area contributed by atoms with E-state index in [1.165, 1.54) is 0 Å². The Kier molecular flexibility index (Phi) is 5.49. The molecular formula is C11H21N3OS2. The first-order valence-corrected chi connectivity index (χ1v) is 7.63. The Bertz CT molecular complexity index is 259. The first-order chi connectivity index (χ1) is 8.29. The number of morpholine rings is 1. The van der Waals surface area contributed by atoms with Gasteiger partial charge in [0.05, 0.1) is 25.8 Å². The molecule has 17 heavy (non-hydrogen) atoms. The summed E-state index contributed by atoms with van der Waals surface area (Å²) in [5, 5.41) is 0. The third-order valence-electron chi connectivity index (χ3n) is 3.24. The summed E-state index contributed by atoms with van der Waals surface area (Å²) >= 11 is 7.20. The molecule has 0 bridgehead atoms. The summed E-state index contributed by atoms with van der Waals surface area (Å²) in [5.41, 5.74) is 0. The van der Waals surface area contributed by atoms with E-state index in [1.54, 1.807) is 11.8 Å². The van der Waals surface area contributed by atoms with Crippen molar-refractivity contribution in [2.45, 2.75) is 6.92 Å². The van der Waals surface area contributed by atoms with E-state index in [0.717, 1.165) is 62.8 Å². The predicted octanol–water partition coefficient (Wildman–Crippen LogP) is 0.889. The molecule has 2 heterocycles. The monoisotopic (exact) mass is 275 g/mol. The Morgan fingerprint density at radius 1 is 1.24 bits per heavy atom. The van der Waals surface area contributed by atoms with Crippen LogP contribution in [0.15, 0.2) is 0 Å². The van der Waals surface area contributed by atoms with Gasteiger partial charge in [0.2, 0.25) is 0 Å². The van der Waals surface area contributed by atoms with E-state index < -0.39 is 0 Å². The van der Waals surface area contributed by atoms with Crippen molar-refractivity contribution in [3.63, 3.8) is 0 Å². The predicted molar refractivity (Wildman–Crippen MR) is 76.3 cm³/mol. The molecule has 2 saturated heterocycles. The van der Waals surface area contributed by atoms with E-state index in [0.29, 0.717) is 0 Å². The highest BCUT2D eigenvalue weighted by Crippen LogP contribution is 2.18. The molecule has 0 unspecified atom stereocenters. The largest absolute Gasteiger partial charge is 0.379 e. The summed E-state index contributed by atoms with van der Waals surface area (Å²) in [5.74, 6) is 1.05. The van der Waals surface area contributed by atoms with Gasteiger partial charge in [-0.3, -0.25) is 9.80 Å². The lowest BCUT2D eigenvalue weighted by atomic mass is 10.4. The molecule has 0 N–H and O–H groups in total. The molecule has 0 aromatic carbocycles. The Hall–Kier alpha value is 0.120. The number of thiocarbonyl (C=S) groups is 1. The number of nitrogens with zero attached hydrogens (tertiary/aromatic N) is 3. The Labute approximate surface area is 113 Å². The maximum absolute atomic E-state index is 5.41. The fourth-order valence-electron chi connectivity index (χ4n) is 2.02. The second kappa shape index (κ2) is 6.89. The summed E-state index contributed by atoms with van der Waals surface area (Å²) in [6.07, 6.45) is 0. The van der Waals surface area contributed by atoms with Crippen LogP contribution >= 0.6 is 24.0 Å². The topological polar surface area (TPSA) is 19.0 Å². The summed E-state index contributed by atoms with van der Waals surface area (Å²) in [7, 11) is 0. The van der Waals surface area contributed by atoms with Crippen molar-refractivity contribution in [3.8, 4) is 0 Å². The molecule has 4 nitrogen and oxygen atoms in total. The third kappa shape index (κ3) is 4.06. The number of thioether (sulfide) groups is 1. The van der Waals surface area contributed by atoms with Crippen molar-refractivity contribution in [1.29, 1.82) is 0 Å². The average Bonchev–Trinajstić information content (AvgIpc) is 2.39. The molecule has 0 aliphatic carbocycles. The van der Waals surface area contributed by atoms with E-state index in [2.05, 4.69) is 21.6 Å². The second-order valence-corrected chi connectivity index (χ2v) is 5.96. The first-order valence-electron chi connectivity index (χ1n) is 6.23. The number of hydrogen-bond acceptors (Lipinski definition) is 5. The van der Waals surface area contributed by atoms with Gasteiger partial charge >= 0.3 is 0 Å². The fraction of sp³-hybridized carbons (Fsp3) is 0.909. The van der Waals surface area contributed by atoms with E-state index in [1.807, 2.05) is 0 Å². The van der Waals surface area contributed by atoms with Crippen LogP contribution < -0.4 is 0 Å². The lowest BCUT2D eigenvalue weighted by Gasteiger charge is -2.37. The van der Waals surface area contributed by atoms with Gasteiger partial charge in [-0.05, 0) is 6.54 Å². The van der Waals surface area contributed by atoms with Gasteiger partial charge in [0.1, 0.15) is 4.32 Å². The van der Waals surface area contributed by atoms with Gasteiger partial charge in [-0.25, -0.2) is 0 Å². The van der Waals surface area contributed by atoms with Crippen molar-refractivity contribution in [1.82, 2.24) is 14.7 Å². The molecule has 0 amide bonds. The van der Waals surface area contributed by atoms with Gasteiger partial charge in [-0.2, -0.15) is 0 Å². The van der Waals surface area contributed by atoms with Crippen molar-refractivity contribution < 1.29 is 4.74 Å². The standard InChI is InChI=1S/C11H21N3OS2/c1-2-12-9-14(11(16)17-10-12)4-3-13-5-7-15-8-6-13/h2-10H2,1H3. The van der Waals surface area contributed by atoms with Crippen molar-refractivity contribution >= 4 is 28.3 Å². The molecule has 0 aromatic rings. The SMILES string of the molecule is CCN1CSC(=S)N(CCN2CCOCC2)C1. The van der Waals surface area contributed by atoms with Crippen LogP contribution in [-0.4, -0.2) is 77.5 Å². The second-order valence-electron chi connectivity index (χ2n) is 4.39. The van der Waals surface area contributed by atoms with Crippen LogP contribution in [-0.2, 0) is 4.74 Å². The third-order valence-corrected chi connectivity index (χ3v) is 4.85. The zero-order chi connectivity index (χ0) is 12.1. The van der Waals surface area contributed by atoms with E-state index in [4.69, 9.17) is 17.0 Å². The minimum Gasteiger partial charge on any atom is -0.379 e. The Morgan fingerprint density at radius 2 is 2.00 bits per heavy atom. The molecule has 0 spiro atoms. The van der Waals surface area contributed by atoms with Gasteiger partial charge in [0.25, 0.3) is 0 Å². The highest BCUT2D eigenvalue weighted by molar-refractivity contribution is 8.22. The van der Waals surface area contributed by atoms with E-state index in [9.17, 15) is 0 Å². The molecule has 0 atom stereocenters. The summed E-state index contributed by atoms with van der Waals surface area (Å²) in [4.78, 5) is 7.20. The van der Waals surface area contributed by atoms with Crippen molar-refractivity contribution in [2.24, 2.45) is 0 Å². The molecular weight excluding hydrogens is 254 g/mol. The number of hydrogen-bond donors (Lipinski definition) is 0. The Balaban J connectivity index is 1.74. The molecule has 98 valence electrons. The summed E-state index contributed by atoms with van der Waals surface area (Å²) in [6, 6.07) is 0.